The Labute approximate surface area is 167 Å². The lowest BCUT2D eigenvalue weighted by atomic mass is 9.91. The zero-order valence-electron chi connectivity index (χ0n) is 16.8. The van der Waals surface area contributed by atoms with Gasteiger partial charge in [-0.2, -0.15) is 0 Å². The van der Waals surface area contributed by atoms with Crippen molar-refractivity contribution in [3.63, 3.8) is 0 Å². The zero-order chi connectivity index (χ0) is 19.0. The van der Waals surface area contributed by atoms with E-state index in [9.17, 15) is 0 Å². The summed E-state index contributed by atoms with van der Waals surface area (Å²) < 4.78 is 18.6. The van der Waals surface area contributed by atoms with Crippen LogP contribution >= 0.6 is 0 Å². The first-order chi connectivity index (χ1) is 13.7. The SMILES string of the molecule is CC(OC1CCCCC1N1CCC2(C1)OCCO2)c1cccc2ccccc12. The van der Waals surface area contributed by atoms with Gasteiger partial charge in [0.1, 0.15) is 0 Å². The largest absolute Gasteiger partial charge is 0.369 e. The molecule has 2 saturated heterocycles. The lowest BCUT2D eigenvalue weighted by Gasteiger charge is -2.39. The van der Waals surface area contributed by atoms with Crippen LogP contribution in [0.1, 0.15) is 50.7 Å². The number of rotatable bonds is 4. The highest BCUT2D eigenvalue weighted by Crippen LogP contribution is 2.37. The Morgan fingerprint density at radius 2 is 1.82 bits per heavy atom. The van der Waals surface area contributed by atoms with Gasteiger partial charge in [-0.3, -0.25) is 4.90 Å². The molecular formula is C24H31NO3. The van der Waals surface area contributed by atoms with Crippen LogP contribution in [0.15, 0.2) is 42.5 Å². The summed E-state index contributed by atoms with van der Waals surface area (Å²) in [5, 5.41) is 2.59. The van der Waals surface area contributed by atoms with E-state index >= 15 is 0 Å². The number of hydrogen-bond acceptors (Lipinski definition) is 4. The quantitative estimate of drug-likeness (QED) is 0.770. The minimum Gasteiger partial charge on any atom is -0.369 e. The van der Waals surface area contributed by atoms with Gasteiger partial charge in [-0.15, -0.1) is 0 Å². The molecule has 3 atom stereocenters. The number of ether oxygens (including phenoxy) is 3. The molecule has 1 aliphatic carbocycles. The lowest BCUT2D eigenvalue weighted by Crippen LogP contribution is -2.47. The summed E-state index contributed by atoms with van der Waals surface area (Å²) in [6.07, 6.45) is 6.25. The molecule has 0 N–H and O–H groups in total. The third kappa shape index (κ3) is 3.48. The third-order valence-electron chi connectivity index (χ3n) is 6.81. The van der Waals surface area contributed by atoms with E-state index in [0.29, 0.717) is 6.04 Å². The lowest BCUT2D eigenvalue weighted by molar-refractivity contribution is -0.151. The maximum Gasteiger partial charge on any atom is 0.182 e. The second-order valence-electron chi connectivity index (χ2n) is 8.57. The van der Waals surface area contributed by atoms with E-state index in [4.69, 9.17) is 14.2 Å². The predicted molar refractivity (Wildman–Crippen MR) is 110 cm³/mol. The van der Waals surface area contributed by atoms with Crippen molar-refractivity contribution < 1.29 is 14.2 Å². The molecule has 150 valence electrons. The van der Waals surface area contributed by atoms with Gasteiger partial charge in [-0.25, -0.2) is 0 Å². The first kappa shape index (κ1) is 18.6. The van der Waals surface area contributed by atoms with Gasteiger partial charge < -0.3 is 14.2 Å². The van der Waals surface area contributed by atoms with Crippen LogP contribution in [0, 0.1) is 0 Å². The second-order valence-corrected chi connectivity index (χ2v) is 8.57. The van der Waals surface area contributed by atoms with E-state index in [-0.39, 0.29) is 18.0 Å². The number of likely N-dealkylation sites (tertiary alicyclic amines) is 1. The molecule has 4 heteroatoms. The van der Waals surface area contributed by atoms with Gasteiger partial charge in [-0.1, -0.05) is 55.3 Å². The predicted octanol–water partition coefficient (Wildman–Crippen LogP) is 4.68. The Balaban J connectivity index is 1.33. The molecule has 3 unspecified atom stereocenters. The Morgan fingerprint density at radius 1 is 1.04 bits per heavy atom. The number of benzene rings is 2. The number of nitrogens with zero attached hydrogens (tertiary/aromatic N) is 1. The van der Waals surface area contributed by atoms with E-state index in [2.05, 4.69) is 54.3 Å². The summed E-state index contributed by atoms with van der Waals surface area (Å²) >= 11 is 0. The van der Waals surface area contributed by atoms with E-state index in [1.54, 1.807) is 0 Å². The molecule has 2 aromatic rings. The Bertz CT molecular complexity index is 811. The Morgan fingerprint density at radius 3 is 2.71 bits per heavy atom. The van der Waals surface area contributed by atoms with Crippen LogP contribution in [0.2, 0.25) is 0 Å². The molecule has 0 aromatic heterocycles. The molecule has 2 heterocycles. The van der Waals surface area contributed by atoms with Gasteiger partial charge >= 0.3 is 0 Å². The Kier molecular flexibility index (Phi) is 5.14. The van der Waals surface area contributed by atoms with Gasteiger partial charge in [0.2, 0.25) is 0 Å². The van der Waals surface area contributed by atoms with E-state index < -0.39 is 0 Å². The summed E-state index contributed by atoms with van der Waals surface area (Å²) in [4.78, 5) is 2.57. The summed E-state index contributed by atoms with van der Waals surface area (Å²) in [6, 6.07) is 15.6. The molecule has 0 amide bonds. The van der Waals surface area contributed by atoms with Crippen LogP contribution < -0.4 is 0 Å². The van der Waals surface area contributed by atoms with Crippen molar-refractivity contribution in [2.75, 3.05) is 26.3 Å². The number of hydrogen-bond donors (Lipinski definition) is 0. The van der Waals surface area contributed by atoms with Crippen LogP contribution in [-0.2, 0) is 14.2 Å². The van der Waals surface area contributed by atoms with Crippen LogP contribution in [-0.4, -0.2) is 49.1 Å². The third-order valence-corrected chi connectivity index (χ3v) is 6.81. The highest BCUT2D eigenvalue weighted by Gasteiger charge is 2.47. The van der Waals surface area contributed by atoms with Crippen LogP contribution in [0.5, 0.6) is 0 Å². The fraction of sp³-hybridized carbons (Fsp3) is 0.583. The first-order valence-corrected chi connectivity index (χ1v) is 10.9. The summed E-state index contributed by atoms with van der Waals surface area (Å²) in [7, 11) is 0. The molecule has 1 spiro atoms. The monoisotopic (exact) mass is 381 g/mol. The molecule has 2 aliphatic heterocycles. The molecule has 0 radical (unpaired) electrons. The highest BCUT2D eigenvalue weighted by molar-refractivity contribution is 5.85. The van der Waals surface area contributed by atoms with Crippen LogP contribution in [0.25, 0.3) is 10.8 Å². The van der Waals surface area contributed by atoms with Gasteiger partial charge in [0.25, 0.3) is 0 Å². The minimum atomic E-state index is -0.344. The van der Waals surface area contributed by atoms with Crippen LogP contribution in [0.3, 0.4) is 0 Å². The molecule has 0 bridgehead atoms. The van der Waals surface area contributed by atoms with Crippen molar-refractivity contribution >= 4 is 10.8 Å². The smallest absolute Gasteiger partial charge is 0.182 e. The summed E-state index contributed by atoms with van der Waals surface area (Å²) in [5.74, 6) is -0.344. The zero-order valence-corrected chi connectivity index (χ0v) is 16.8. The molecule has 28 heavy (non-hydrogen) atoms. The standard InChI is InChI=1S/C24H31NO3/c1-18(20-10-6-8-19-7-2-3-9-21(19)20)28-23-12-5-4-11-22(23)25-14-13-24(17-25)26-15-16-27-24/h2-3,6-10,18,22-23H,4-5,11-17H2,1H3. The summed E-state index contributed by atoms with van der Waals surface area (Å²) in [6.45, 7) is 5.61. The molecule has 3 aliphatic rings. The molecule has 4 nitrogen and oxygen atoms in total. The molecule has 1 saturated carbocycles. The van der Waals surface area contributed by atoms with Gasteiger partial charge in [-0.05, 0) is 36.1 Å². The van der Waals surface area contributed by atoms with Crippen molar-refractivity contribution in [3.05, 3.63) is 48.0 Å². The van der Waals surface area contributed by atoms with E-state index in [1.165, 1.54) is 35.6 Å². The average Bonchev–Trinajstić information content (AvgIpc) is 3.38. The molecular weight excluding hydrogens is 350 g/mol. The Hall–Kier alpha value is -1.46. The molecule has 3 fully saturated rings. The van der Waals surface area contributed by atoms with Crippen molar-refractivity contribution in [1.29, 1.82) is 0 Å². The molecule has 2 aromatic carbocycles. The van der Waals surface area contributed by atoms with Gasteiger partial charge in [0, 0.05) is 19.0 Å². The fourth-order valence-corrected chi connectivity index (χ4v) is 5.39. The summed E-state index contributed by atoms with van der Waals surface area (Å²) in [5.41, 5.74) is 1.29. The minimum absolute atomic E-state index is 0.0900. The first-order valence-electron chi connectivity index (χ1n) is 10.9. The van der Waals surface area contributed by atoms with Gasteiger partial charge in [0.05, 0.1) is 32.0 Å². The van der Waals surface area contributed by atoms with Gasteiger partial charge in [0.15, 0.2) is 5.79 Å². The maximum atomic E-state index is 6.74. The van der Waals surface area contributed by atoms with Crippen molar-refractivity contribution in [3.8, 4) is 0 Å². The van der Waals surface area contributed by atoms with E-state index in [1.807, 2.05) is 0 Å². The maximum absolute atomic E-state index is 6.74. The van der Waals surface area contributed by atoms with Crippen molar-refractivity contribution in [2.24, 2.45) is 0 Å². The highest BCUT2D eigenvalue weighted by atomic mass is 16.7. The van der Waals surface area contributed by atoms with Crippen molar-refractivity contribution in [1.82, 2.24) is 4.90 Å². The average molecular weight is 382 g/mol. The van der Waals surface area contributed by atoms with Crippen molar-refractivity contribution in [2.45, 2.75) is 63.1 Å². The molecule has 5 rings (SSSR count). The fourth-order valence-electron chi connectivity index (χ4n) is 5.39. The second kappa shape index (κ2) is 7.75. The van der Waals surface area contributed by atoms with E-state index in [0.717, 1.165) is 39.1 Å². The van der Waals surface area contributed by atoms with Crippen LogP contribution in [0.4, 0.5) is 0 Å². The normalized spacial score (nSPS) is 28.9. The number of fused-ring (bicyclic) bond motifs is 1. The topological polar surface area (TPSA) is 30.9 Å².